The monoisotopic (exact) mass is 265 g/mol. The molecule has 2 rings (SSSR count). The topological polar surface area (TPSA) is 94.3 Å². The Morgan fingerprint density at radius 2 is 1.89 bits per heavy atom. The van der Waals surface area contributed by atoms with Crippen LogP contribution in [0, 0.1) is 0 Å². The van der Waals surface area contributed by atoms with Crippen LogP contribution < -0.4 is 5.14 Å². The fourth-order valence-electron chi connectivity index (χ4n) is 1.94. The predicted octanol–water partition coefficient (Wildman–Crippen LogP) is 1.05. The molecule has 0 heterocycles. The summed E-state index contributed by atoms with van der Waals surface area (Å²) in [6.07, 6.45) is 1.60. The summed E-state index contributed by atoms with van der Waals surface area (Å²) in [7, 11) is -4.03. The van der Waals surface area contributed by atoms with Gasteiger partial charge in [0.1, 0.15) is 0 Å². The third-order valence-electron chi connectivity index (χ3n) is 2.80. The van der Waals surface area contributed by atoms with Crippen LogP contribution in [0.4, 0.5) is 0 Å². The number of rotatable bonds is 2. The van der Waals surface area contributed by atoms with E-state index in [9.17, 15) is 18.0 Å². The maximum atomic E-state index is 12.0. The van der Waals surface area contributed by atoms with E-state index in [0.717, 1.165) is 0 Å². The zero-order valence-corrected chi connectivity index (χ0v) is 10.5. The van der Waals surface area contributed by atoms with Crippen LogP contribution in [0.1, 0.15) is 34.1 Å². The molecule has 0 spiro atoms. The number of allylic oxidation sites excluding steroid dienone is 2. The van der Waals surface area contributed by atoms with Gasteiger partial charge < -0.3 is 0 Å². The second kappa shape index (κ2) is 4.15. The van der Waals surface area contributed by atoms with Crippen LogP contribution in [0.3, 0.4) is 0 Å². The quantitative estimate of drug-likeness (QED) is 0.864. The molecule has 0 aliphatic heterocycles. The second-order valence-corrected chi connectivity index (χ2v) is 5.47. The lowest BCUT2D eigenvalue weighted by Crippen LogP contribution is -2.23. The Hall–Kier alpha value is -1.79. The normalized spacial score (nSPS) is 15.3. The second-order valence-electron chi connectivity index (χ2n) is 3.94. The first-order valence-electron chi connectivity index (χ1n) is 5.31. The van der Waals surface area contributed by atoms with Crippen LogP contribution in [0.5, 0.6) is 0 Å². The molecule has 94 valence electrons. The lowest BCUT2D eigenvalue weighted by atomic mass is 9.88. The van der Waals surface area contributed by atoms with E-state index in [1.165, 1.54) is 24.3 Å². The molecule has 0 unspecified atom stereocenters. The van der Waals surface area contributed by atoms with E-state index in [0.29, 0.717) is 12.0 Å². The highest BCUT2D eigenvalue weighted by Gasteiger charge is 2.29. The minimum atomic E-state index is -4.03. The molecule has 1 aromatic carbocycles. The molecule has 0 saturated carbocycles. The van der Waals surface area contributed by atoms with E-state index in [1.54, 1.807) is 6.92 Å². The van der Waals surface area contributed by atoms with Crippen LogP contribution >= 0.6 is 0 Å². The standard InChI is InChI=1S/C12H11NO4S/c1-2-7-6-9(14)11-8(12(7)15)4-3-5-10(11)18(13,16)17/h3-6H,2H2,1H3,(H2,13,16,17). The van der Waals surface area contributed by atoms with Crippen LogP contribution in [0.15, 0.2) is 34.7 Å². The van der Waals surface area contributed by atoms with Gasteiger partial charge in [0.05, 0.1) is 10.5 Å². The maximum Gasteiger partial charge on any atom is 0.238 e. The van der Waals surface area contributed by atoms with Gasteiger partial charge in [0, 0.05) is 11.1 Å². The summed E-state index contributed by atoms with van der Waals surface area (Å²) in [5, 5.41) is 5.04. The molecule has 0 amide bonds. The van der Waals surface area contributed by atoms with E-state index < -0.39 is 15.8 Å². The van der Waals surface area contributed by atoms with Crippen LogP contribution in [0.2, 0.25) is 0 Å². The molecule has 0 radical (unpaired) electrons. The van der Waals surface area contributed by atoms with Crippen molar-refractivity contribution in [3.8, 4) is 0 Å². The summed E-state index contributed by atoms with van der Waals surface area (Å²) < 4.78 is 22.8. The minimum absolute atomic E-state index is 0.103. The zero-order valence-electron chi connectivity index (χ0n) is 9.64. The number of Topliss-reactive ketones (excluding diaryl/α,β-unsaturated/α-hetero) is 1. The summed E-state index contributed by atoms with van der Waals surface area (Å²) >= 11 is 0. The fourth-order valence-corrected chi connectivity index (χ4v) is 2.71. The van der Waals surface area contributed by atoms with Gasteiger partial charge in [-0.2, -0.15) is 0 Å². The SMILES string of the molecule is CCC1=CC(=O)c2c(cccc2S(N)(=O)=O)C1=O. The zero-order chi connectivity index (χ0) is 13.5. The molecule has 1 aliphatic rings. The number of nitrogens with two attached hydrogens (primary N) is 1. The molecule has 0 saturated heterocycles. The van der Waals surface area contributed by atoms with Crippen molar-refractivity contribution in [3.05, 3.63) is 41.0 Å². The molecule has 18 heavy (non-hydrogen) atoms. The largest absolute Gasteiger partial charge is 0.289 e. The van der Waals surface area contributed by atoms with E-state index in [1.807, 2.05) is 0 Å². The first-order valence-corrected chi connectivity index (χ1v) is 6.86. The summed E-state index contributed by atoms with van der Waals surface area (Å²) in [4.78, 5) is 23.6. The van der Waals surface area contributed by atoms with Gasteiger partial charge in [-0.1, -0.05) is 19.1 Å². The first kappa shape index (κ1) is 12.7. The van der Waals surface area contributed by atoms with E-state index in [4.69, 9.17) is 5.14 Å². The molecule has 0 bridgehead atoms. The third kappa shape index (κ3) is 1.89. The number of primary sulfonamides is 1. The van der Waals surface area contributed by atoms with E-state index in [2.05, 4.69) is 0 Å². The maximum absolute atomic E-state index is 12.0. The van der Waals surface area contributed by atoms with Gasteiger partial charge in [-0.05, 0) is 18.6 Å². The Balaban J connectivity index is 2.78. The fraction of sp³-hybridized carbons (Fsp3) is 0.167. The number of hydrogen-bond donors (Lipinski definition) is 1. The molecule has 1 aliphatic carbocycles. The van der Waals surface area contributed by atoms with Gasteiger partial charge >= 0.3 is 0 Å². The molecule has 0 aromatic heterocycles. The molecule has 6 heteroatoms. The van der Waals surface area contributed by atoms with Gasteiger partial charge in [0.25, 0.3) is 0 Å². The van der Waals surface area contributed by atoms with Crippen molar-refractivity contribution in [2.45, 2.75) is 18.2 Å². The highest BCUT2D eigenvalue weighted by atomic mass is 32.2. The number of sulfonamides is 1. The van der Waals surface area contributed by atoms with Crippen molar-refractivity contribution in [2.24, 2.45) is 5.14 Å². The van der Waals surface area contributed by atoms with Crippen LogP contribution in [0.25, 0.3) is 0 Å². The van der Waals surface area contributed by atoms with Crippen molar-refractivity contribution in [1.82, 2.24) is 0 Å². The molecule has 1 aromatic rings. The number of hydrogen-bond acceptors (Lipinski definition) is 4. The average Bonchev–Trinajstić information content (AvgIpc) is 2.31. The van der Waals surface area contributed by atoms with Crippen molar-refractivity contribution in [3.63, 3.8) is 0 Å². The van der Waals surface area contributed by atoms with Crippen molar-refractivity contribution < 1.29 is 18.0 Å². The third-order valence-corrected chi connectivity index (χ3v) is 3.75. The Morgan fingerprint density at radius 3 is 2.44 bits per heavy atom. The highest BCUT2D eigenvalue weighted by molar-refractivity contribution is 7.89. The average molecular weight is 265 g/mol. The van der Waals surface area contributed by atoms with Crippen molar-refractivity contribution in [1.29, 1.82) is 0 Å². The molecule has 0 atom stereocenters. The summed E-state index contributed by atoms with van der Waals surface area (Å²) in [5.74, 6) is -0.816. The predicted molar refractivity (Wildman–Crippen MR) is 64.9 cm³/mol. The lowest BCUT2D eigenvalue weighted by molar-refractivity contribution is 0.0980. The van der Waals surface area contributed by atoms with Gasteiger partial charge in [-0.25, -0.2) is 13.6 Å². The molecule has 5 nitrogen and oxygen atoms in total. The number of ketones is 2. The Labute approximate surface area is 104 Å². The molecular formula is C12H11NO4S. The molecule has 0 fully saturated rings. The number of carbonyl (C=O) groups excluding carboxylic acids is 2. The Bertz CT molecular complexity index is 686. The summed E-state index contributed by atoms with van der Waals surface area (Å²) in [6, 6.07) is 4.07. The minimum Gasteiger partial charge on any atom is -0.289 e. The lowest BCUT2D eigenvalue weighted by Gasteiger charge is -2.16. The summed E-state index contributed by atoms with van der Waals surface area (Å²) in [6.45, 7) is 1.76. The van der Waals surface area contributed by atoms with Crippen LogP contribution in [-0.4, -0.2) is 20.0 Å². The van der Waals surface area contributed by atoms with Crippen molar-refractivity contribution >= 4 is 21.6 Å². The Kier molecular flexibility index (Phi) is 2.92. The van der Waals surface area contributed by atoms with Crippen LogP contribution in [-0.2, 0) is 10.0 Å². The Morgan fingerprint density at radius 1 is 1.22 bits per heavy atom. The molecular weight excluding hydrogens is 254 g/mol. The number of carbonyl (C=O) groups is 2. The first-order chi connectivity index (χ1) is 8.36. The highest BCUT2D eigenvalue weighted by Crippen LogP contribution is 2.27. The van der Waals surface area contributed by atoms with Gasteiger partial charge in [-0.3, -0.25) is 9.59 Å². The number of fused-ring (bicyclic) bond motifs is 1. The van der Waals surface area contributed by atoms with Gasteiger partial charge in [-0.15, -0.1) is 0 Å². The van der Waals surface area contributed by atoms with E-state index >= 15 is 0 Å². The number of benzene rings is 1. The smallest absolute Gasteiger partial charge is 0.238 e. The van der Waals surface area contributed by atoms with Gasteiger partial charge in [0.15, 0.2) is 11.6 Å². The van der Waals surface area contributed by atoms with Gasteiger partial charge in [0.2, 0.25) is 10.0 Å². The van der Waals surface area contributed by atoms with E-state index in [-0.39, 0.29) is 21.8 Å². The van der Waals surface area contributed by atoms with Crippen molar-refractivity contribution in [2.75, 3.05) is 0 Å². The summed E-state index contributed by atoms with van der Waals surface area (Å²) in [5.41, 5.74) is 0.354. The molecule has 2 N–H and O–H groups in total.